The van der Waals surface area contributed by atoms with Gasteiger partial charge >= 0.3 is 0 Å². The van der Waals surface area contributed by atoms with Crippen molar-refractivity contribution in [2.24, 2.45) is 11.8 Å². The molecule has 0 bridgehead atoms. The van der Waals surface area contributed by atoms with E-state index in [4.69, 9.17) is 4.74 Å². The quantitative estimate of drug-likeness (QED) is 0.521. The van der Waals surface area contributed by atoms with Crippen LogP contribution in [-0.4, -0.2) is 12.7 Å². The second kappa shape index (κ2) is 3.14. The Hall–Kier alpha value is -0.0400. The predicted molar refractivity (Wildman–Crippen MR) is 45.5 cm³/mol. The molecule has 2 aliphatic rings. The molecule has 0 aromatic rings. The van der Waals surface area contributed by atoms with Crippen LogP contribution in [-0.2, 0) is 4.74 Å². The third-order valence-corrected chi connectivity index (χ3v) is 3.24. The molecule has 1 aliphatic carbocycles. The van der Waals surface area contributed by atoms with Crippen molar-refractivity contribution < 1.29 is 4.74 Å². The first kappa shape index (κ1) is 7.60. The van der Waals surface area contributed by atoms with Crippen LogP contribution >= 0.6 is 0 Å². The minimum Gasteiger partial charge on any atom is -0.378 e. The van der Waals surface area contributed by atoms with E-state index in [1.807, 2.05) is 0 Å². The third kappa shape index (κ3) is 1.58. The predicted octanol–water partition coefficient (Wildman–Crippen LogP) is 2.60. The van der Waals surface area contributed by atoms with Crippen LogP contribution in [0.1, 0.15) is 39.0 Å². The average Bonchev–Trinajstić information content (AvgIpc) is 2.31. The summed E-state index contributed by atoms with van der Waals surface area (Å²) in [7, 11) is 0. The molecule has 0 N–H and O–H groups in total. The van der Waals surface area contributed by atoms with E-state index in [2.05, 4.69) is 6.92 Å². The van der Waals surface area contributed by atoms with Gasteiger partial charge in [-0.2, -0.15) is 0 Å². The van der Waals surface area contributed by atoms with Gasteiger partial charge in [-0.3, -0.25) is 0 Å². The lowest BCUT2D eigenvalue weighted by atomic mass is 9.92. The van der Waals surface area contributed by atoms with Gasteiger partial charge in [-0.05, 0) is 31.1 Å². The molecule has 11 heavy (non-hydrogen) atoms. The maximum absolute atomic E-state index is 5.69. The molecule has 0 aromatic heterocycles. The minimum absolute atomic E-state index is 0.639. The average molecular weight is 154 g/mol. The normalized spacial score (nSPS) is 45.0. The molecule has 1 heteroatoms. The van der Waals surface area contributed by atoms with Crippen molar-refractivity contribution in [1.29, 1.82) is 0 Å². The van der Waals surface area contributed by atoms with E-state index in [-0.39, 0.29) is 0 Å². The van der Waals surface area contributed by atoms with E-state index in [0.29, 0.717) is 6.10 Å². The van der Waals surface area contributed by atoms with Gasteiger partial charge in [0.1, 0.15) is 0 Å². The highest BCUT2D eigenvalue weighted by atomic mass is 16.5. The topological polar surface area (TPSA) is 9.23 Å². The highest BCUT2D eigenvalue weighted by Crippen LogP contribution is 2.35. The molecule has 1 saturated heterocycles. The van der Waals surface area contributed by atoms with E-state index in [1.54, 1.807) is 0 Å². The van der Waals surface area contributed by atoms with E-state index in [0.717, 1.165) is 18.4 Å². The molecule has 64 valence electrons. The van der Waals surface area contributed by atoms with E-state index in [9.17, 15) is 0 Å². The van der Waals surface area contributed by atoms with Gasteiger partial charge in [0.2, 0.25) is 0 Å². The second-order valence-corrected chi connectivity index (χ2v) is 4.23. The van der Waals surface area contributed by atoms with Crippen LogP contribution in [0.2, 0.25) is 0 Å². The lowest BCUT2D eigenvalue weighted by Crippen LogP contribution is -2.14. The van der Waals surface area contributed by atoms with Crippen molar-refractivity contribution in [3.8, 4) is 0 Å². The fraction of sp³-hybridized carbons (Fsp3) is 1.00. The van der Waals surface area contributed by atoms with Crippen molar-refractivity contribution >= 4 is 0 Å². The summed E-state index contributed by atoms with van der Waals surface area (Å²) in [6.07, 6.45) is 7.54. The standard InChI is InChI=1S/C10H18O/c1-8-3-2-4-10-9(7-8)5-6-11-10/h8-10H,2-7H2,1H3. The Morgan fingerprint density at radius 2 is 2.09 bits per heavy atom. The zero-order valence-corrected chi connectivity index (χ0v) is 7.38. The molecule has 1 nitrogen and oxygen atoms in total. The smallest absolute Gasteiger partial charge is 0.0604 e. The molecule has 1 aliphatic heterocycles. The third-order valence-electron chi connectivity index (χ3n) is 3.24. The van der Waals surface area contributed by atoms with Gasteiger partial charge in [0.05, 0.1) is 6.10 Å². The summed E-state index contributed by atoms with van der Waals surface area (Å²) in [5.41, 5.74) is 0. The zero-order chi connectivity index (χ0) is 7.68. The summed E-state index contributed by atoms with van der Waals surface area (Å²) >= 11 is 0. The highest BCUT2D eigenvalue weighted by molar-refractivity contribution is 4.80. The summed E-state index contributed by atoms with van der Waals surface area (Å²) in [6, 6.07) is 0. The molecular weight excluding hydrogens is 136 g/mol. The fourth-order valence-electron chi connectivity index (χ4n) is 2.58. The first-order valence-corrected chi connectivity index (χ1v) is 4.98. The molecule has 1 saturated carbocycles. The van der Waals surface area contributed by atoms with Gasteiger partial charge in [-0.1, -0.05) is 19.8 Å². The molecule has 3 atom stereocenters. The Morgan fingerprint density at radius 1 is 1.18 bits per heavy atom. The first-order chi connectivity index (χ1) is 5.36. The Kier molecular flexibility index (Phi) is 2.17. The van der Waals surface area contributed by atoms with Gasteiger partial charge in [0.15, 0.2) is 0 Å². The minimum atomic E-state index is 0.639. The molecule has 0 radical (unpaired) electrons. The molecule has 0 spiro atoms. The molecule has 2 rings (SSSR count). The molecule has 3 unspecified atom stereocenters. The first-order valence-electron chi connectivity index (χ1n) is 4.98. The monoisotopic (exact) mass is 154 g/mol. The van der Waals surface area contributed by atoms with E-state index in [1.165, 1.54) is 32.1 Å². The molecule has 0 amide bonds. The van der Waals surface area contributed by atoms with Gasteiger partial charge in [-0.25, -0.2) is 0 Å². The van der Waals surface area contributed by atoms with Crippen LogP contribution < -0.4 is 0 Å². The Labute approximate surface area is 69.1 Å². The summed E-state index contributed by atoms with van der Waals surface area (Å²) in [4.78, 5) is 0. The van der Waals surface area contributed by atoms with Crippen LogP contribution in [0, 0.1) is 11.8 Å². The lowest BCUT2D eigenvalue weighted by molar-refractivity contribution is 0.0844. The fourth-order valence-corrected chi connectivity index (χ4v) is 2.58. The van der Waals surface area contributed by atoms with Gasteiger partial charge < -0.3 is 4.74 Å². The molecule has 2 fully saturated rings. The van der Waals surface area contributed by atoms with Crippen LogP contribution in [0.3, 0.4) is 0 Å². The maximum Gasteiger partial charge on any atom is 0.0604 e. The van der Waals surface area contributed by atoms with E-state index < -0.39 is 0 Å². The summed E-state index contributed by atoms with van der Waals surface area (Å²) in [6.45, 7) is 3.42. The summed E-state index contributed by atoms with van der Waals surface area (Å²) in [5, 5.41) is 0. The van der Waals surface area contributed by atoms with Crippen molar-refractivity contribution in [2.45, 2.75) is 45.1 Å². The van der Waals surface area contributed by atoms with Crippen molar-refractivity contribution in [3.63, 3.8) is 0 Å². The number of ether oxygens (including phenoxy) is 1. The Balaban J connectivity index is 1.98. The number of rotatable bonds is 0. The molecule has 0 aromatic carbocycles. The van der Waals surface area contributed by atoms with Crippen LogP contribution in [0.25, 0.3) is 0 Å². The highest BCUT2D eigenvalue weighted by Gasteiger charge is 2.31. The Bertz CT molecular complexity index is 133. The summed E-state index contributed by atoms with van der Waals surface area (Å²) in [5.74, 6) is 1.86. The SMILES string of the molecule is CC1CCCC2OCCC2C1. The number of hydrogen-bond donors (Lipinski definition) is 0. The lowest BCUT2D eigenvalue weighted by Gasteiger charge is -2.15. The van der Waals surface area contributed by atoms with Crippen molar-refractivity contribution in [1.82, 2.24) is 0 Å². The molecule has 1 heterocycles. The second-order valence-electron chi connectivity index (χ2n) is 4.23. The van der Waals surface area contributed by atoms with Gasteiger partial charge in [0.25, 0.3) is 0 Å². The Morgan fingerprint density at radius 3 is 3.00 bits per heavy atom. The zero-order valence-electron chi connectivity index (χ0n) is 7.38. The van der Waals surface area contributed by atoms with Gasteiger partial charge in [-0.15, -0.1) is 0 Å². The van der Waals surface area contributed by atoms with Crippen molar-refractivity contribution in [3.05, 3.63) is 0 Å². The number of hydrogen-bond acceptors (Lipinski definition) is 1. The molecular formula is C10H18O. The maximum atomic E-state index is 5.69. The van der Waals surface area contributed by atoms with Crippen LogP contribution in [0.5, 0.6) is 0 Å². The number of fused-ring (bicyclic) bond motifs is 1. The largest absolute Gasteiger partial charge is 0.378 e. The van der Waals surface area contributed by atoms with Crippen molar-refractivity contribution in [2.75, 3.05) is 6.61 Å². The van der Waals surface area contributed by atoms with Crippen LogP contribution in [0.4, 0.5) is 0 Å². The van der Waals surface area contributed by atoms with Gasteiger partial charge in [0, 0.05) is 6.61 Å². The van der Waals surface area contributed by atoms with E-state index >= 15 is 0 Å². The van der Waals surface area contributed by atoms with Crippen LogP contribution in [0.15, 0.2) is 0 Å². The summed E-state index contributed by atoms with van der Waals surface area (Å²) < 4.78 is 5.69.